The number of aliphatic hydroxyl groups excluding tert-OH is 1. The molecule has 1 saturated carbocycles. The molecule has 1 radical (unpaired) electrons. The van der Waals surface area contributed by atoms with Gasteiger partial charge in [-0.3, -0.25) is 9.69 Å². The molecule has 3 rings (SSSR count). The van der Waals surface area contributed by atoms with Crippen LogP contribution in [0.1, 0.15) is 63.5 Å². The van der Waals surface area contributed by atoms with E-state index in [0.717, 1.165) is 49.8 Å². The first-order valence-electron chi connectivity index (χ1n) is 10.2. The van der Waals surface area contributed by atoms with Gasteiger partial charge < -0.3 is 21.5 Å². The van der Waals surface area contributed by atoms with E-state index in [2.05, 4.69) is 13.8 Å². The van der Waals surface area contributed by atoms with Crippen LogP contribution in [0.15, 0.2) is 24.3 Å². The second-order valence-electron chi connectivity index (χ2n) is 7.77. The van der Waals surface area contributed by atoms with Crippen LogP contribution in [0.3, 0.4) is 0 Å². The minimum atomic E-state index is -0.437. The summed E-state index contributed by atoms with van der Waals surface area (Å²) in [6.45, 7) is 7.02. The number of unbranched alkanes of at least 4 members (excludes halogenated alkanes) is 1. The Morgan fingerprint density at radius 2 is 2.07 bits per heavy atom. The molecule has 2 fully saturated rings. The van der Waals surface area contributed by atoms with E-state index in [-0.39, 0.29) is 50.6 Å². The molecule has 0 spiro atoms. The largest absolute Gasteiger partial charge is 0.388 e. The minimum Gasteiger partial charge on any atom is -0.388 e. The van der Waals surface area contributed by atoms with Crippen LogP contribution in [0.25, 0.3) is 0 Å². The molecule has 1 aliphatic heterocycles. The van der Waals surface area contributed by atoms with Gasteiger partial charge in [-0.15, -0.1) is 0 Å². The number of benzene rings is 1. The van der Waals surface area contributed by atoms with Gasteiger partial charge in [-0.2, -0.15) is 6.42 Å². The van der Waals surface area contributed by atoms with Crippen LogP contribution in [0.4, 0.5) is 5.69 Å². The van der Waals surface area contributed by atoms with Crippen LogP contribution >= 0.6 is 0 Å². The van der Waals surface area contributed by atoms with Crippen molar-refractivity contribution >= 4 is 11.6 Å². The minimum absolute atomic E-state index is 0. The molecule has 2 aliphatic rings. The molecule has 6 heteroatoms. The van der Waals surface area contributed by atoms with E-state index in [1.165, 1.54) is 6.42 Å². The zero-order valence-corrected chi connectivity index (χ0v) is 19.8. The number of rotatable bonds is 10. The summed E-state index contributed by atoms with van der Waals surface area (Å²) in [5, 5.41) is 10.9. The summed E-state index contributed by atoms with van der Waals surface area (Å²) >= 11 is 0. The van der Waals surface area contributed by atoms with Gasteiger partial charge in [0, 0.05) is 50.4 Å². The van der Waals surface area contributed by atoms with Crippen molar-refractivity contribution < 1.29 is 52.1 Å². The fourth-order valence-corrected chi connectivity index (χ4v) is 4.25. The number of aliphatic hydroxyl groups is 1. The van der Waals surface area contributed by atoms with Gasteiger partial charge in [-0.1, -0.05) is 38.3 Å². The van der Waals surface area contributed by atoms with E-state index >= 15 is 0 Å². The van der Waals surface area contributed by atoms with Crippen molar-refractivity contribution in [2.24, 2.45) is 5.41 Å². The number of nitrogens with zero attached hydrogens (tertiary/aromatic N) is 1. The van der Waals surface area contributed by atoms with E-state index in [1.807, 2.05) is 24.3 Å². The molecule has 1 amide bonds. The molecule has 28 heavy (non-hydrogen) atoms. The number of ether oxygens (including phenoxy) is 2. The molecule has 1 aromatic rings. The number of hydrogen-bond donors (Lipinski definition) is 1. The quantitative estimate of drug-likeness (QED) is 0.421. The van der Waals surface area contributed by atoms with Crippen LogP contribution in [-0.4, -0.2) is 37.1 Å². The maximum Gasteiger partial charge on any atom is 0.255 e. The van der Waals surface area contributed by atoms with Gasteiger partial charge in [-0.25, -0.2) is 0 Å². The van der Waals surface area contributed by atoms with Gasteiger partial charge in [0.25, 0.3) is 5.91 Å². The van der Waals surface area contributed by atoms with Crippen LogP contribution in [0, 0.1) is 12.3 Å². The monoisotopic (exact) mass is 463 g/mol. The molecular formula is C22H32NO4Y-. The maximum atomic E-state index is 12.3. The van der Waals surface area contributed by atoms with Crippen molar-refractivity contribution in [2.75, 3.05) is 24.7 Å². The summed E-state index contributed by atoms with van der Waals surface area (Å²) in [5.74, 6) is -0.0597. The molecule has 1 aromatic carbocycles. The van der Waals surface area contributed by atoms with Crippen molar-refractivity contribution in [3.63, 3.8) is 0 Å². The van der Waals surface area contributed by atoms with E-state index in [9.17, 15) is 9.90 Å². The van der Waals surface area contributed by atoms with Crippen LogP contribution in [-0.2, 0) is 47.0 Å². The van der Waals surface area contributed by atoms with Crippen LogP contribution < -0.4 is 4.90 Å². The third-order valence-corrected chi connectivity index (χ3v) is 5.92. The predicted molar refractivity (Wildman–Crippen MR) is 105 cm³/mol. The van der Waals surface area contributed by atoms with Gasteiger partial charge >= 0.3 is 0 Å². The molecule has 1 N–H and O–H groups in total. The summed E-state index contributed by atoms with van der Waals surface area (Å²) < 4.78 is 11.2. The smallest absolute Gasteiger partial charge is 0.255 e. The Labute approximate surface area is 194 Å². The predicted octanol–water partition coefficient (Wildman–Crippen LogP) is 4.01. The molecule has 0 bridgehead atoms. The normalized spacial score (nSPS) is 21.9. The Morgan fingerprint density at radius 3 is 2.64 bits per heavy atom. The Balaban J connectivity index is 0.00000280. The average Bonchev–Trinajstić information content (AvgIpc) is 3.02. The third kappa shape index (κ3) is 5.23. The van der Waals surface area contributed by atoms with E-state index < -0.39 is 12.3 Å². The maximum absolute atomic E-state index is 12.3. The molecular weight excluding hydrogens is 431 g/mol. The number of carbonyl (C=O) groups is 1. The number of anilines is 1. The molecule has 1 aliphatic carbocycles. The third-order valence-electron chi connectivity index (χ3n) is 5.92. The summed E-state index contributed by atoms with van der Waals surface area (Å²) in [5.41, 5.74) is 1.76. The molecule has 0 aromatic heterocycles. The Kier molecular flexibility index (Phi) is 9.55. The molecule has 2 atom stereocenters. The SMILES string of the molecule is [CH2-]CCCOCC1OCC(=O)N1c1ccc(C(O)C2(CCC)CCC2)cc1.[Y]. The summed E-state index contributed by atoms with van der Waals surface area (Å²) in [6, 6.07) is 7.71. The molecule has 1 saturated heterocycles. The molecule has 2 unspecified atom stereocenters. The molecule has 1 heterocycles. The topological polar surface area (TPSA) is 59.0 Å². The first-order valence-corrected chi connectivity index (χ1v) is 10.2. The zero-order chi connectivity index (χ0) is 19.3. The number of carbonyl (C=O) groups excluding carboxylic acids is 1. The Bertz CT molecular complexity index is 617. The van der Waals surface area contributed by atoms with E-state index in [1.54, 1.807) is 4.90 Å². The first-order chi connectivity index (χ1) is 13.1. The van der Waals surface area contributed by atoms with Gasteiger partial charge in [0.2, 0.25) is 0 Å². The van der Waals surface area contributed by atoms with Crippen LogP contribution in [0.5, 0.6) is 0 Å². The second kappa shape index (κ2) is 11.2. The van der Waals surface area contributed by atoms with Crippen molar-refractivity contribution in [3.8, 4) is 0 Å². The number of hydrogen-bond acceptors (Lipinski definition) is 4. The van der Waals surface area contributed by atoms with Crippen LogP contribution in [0.2, 0.25) is 0 Å². The van der Waals surface area contributed by atoms with Gasteiger partial charge in [0.05, 0.1) is 12.7 Å². The second-order valence-corrected chi connectivity index (χ2v) is 7.77. The molecule has 5 nitrogen and oxygen atoms in total. The van der Waals surface area contributed by atoms with Crippen molar-refractivity contribution in [1.82, 2.24) is 0 Å². The Morgan fingerprint density at radius 1 is 1.36 bits per heavy atom. The van der Waals surface area contributed by atoms with Gasteiger partial charge in [0.15, 0.2) is 6.23 Å². The summed E-state index contributed by atoms with van der Waals surface area (Å²) in [4.78, 5) is 13.9. The standard InChI is InChI=1S/C22H32NO4.Y/c1-3-5-14-26-16-20-23(19(24)15-27-20)18-9-7-17(8-10-18)21(25)22(11-4-2)12-6-13-22;/h7-10,20-21,25H,1,3-6,11-16H2,2H3;/q-1;. The average molecular weight is 463 g/mol. The summed E-state index contributed by atoms with van der Waals surface area (Å²) in [6.07, 6.45) is 6.42. The molecule has 153 valence electrons. The Hall–Kier alpha value is -0.326. The number of amides is 1. The first kappa shape index (κ1) is 23.9. The van der Waals surface area contributed by atoms with E-state index in [0.29, 0.717) is 13.2 Å². The summed E-state index contributed by atoms with van der Waals surface area (Å²) in [7, 11) is 0. The van der Waals surface area contributed by atoms with Crippen molar-refractivity contribution in [3.05, 3.63) is 36.8 Å². The van der Waals surface area contributed by atoms with Crippen molar-refractivity contribution in [1.29, 1.82) is 0 Å². The van der Waals surface area contributed by atoms with E-state index in [4.69, 9.17) is 9.47 Å². The van der Waals surface area contributed by atoms with Gasteiger partial charge in [0.1, 0.15) is 6.61 Å². The fourth-order valence-electron chi connectivity index (χ4n) is 4.25. The zero-order valence-electron chi connectivity index (χ0n) is 16.9. The fraction of sp³-hybridized carbons (Fsp3) is 0.636. The van der Waals surface area contributed by atoms with Crippen molar-refractivity contribution in [2.45, 2.75) is 64.2 Å². The van der Waals surface area contributed by atoms with Gasteiger partial charge in [-0.05, 0) is 37.0 Å².